The third kappa shape index (κ3) is 2.03. The molecule has 0 radical (unpaired) electrons. The van der Waals surface area contributed by atoms with Gasteiger partial charge in [0.05, 0.1) is 14.2 Å². The first-order valence-corrected chi connectivity index (χ1v) is 4.47. The van der Waals surface area contributed by atoms with Gasteiger partial charge in [0.15, 0.2) is 0 Å². The molecule has 1 saturated heterocycles. The number of carbonyl (C=O) groups is 1. The summed E-state index contributed by atoms with van der Waals surface area (Å²) in [5.74, 6) is -0.434. The molecule has 0 aromatic carbocycles. The Bertz CT molecular complexity index is 202. The van der Waals surface area contributed by atoms with E-state index >= 15 is 0 Å². The number of carbonyl (C=O) groups excluding carboxylic acids is 1. The first-order chi connectivity index (χ1) is 6.68. The van der Waals surface area contributed by atoms with E-state index in [0.717, 1.165) is 0 Å². The van der Waals surface area contributed by atoms with Crippen molar-refractivity contribution >= 4 is 5.97 Å². The topological polar surface area (TPSA) is 71.0 Å². The van der Waals surface area contributed by atoms with Crippen LogP contribution in [0, 0.1) is 0 Å². The Kier molecular flexibility index (Phi) is 3.82. The Balaban J connectivity index is 2.61. The summed E-state index contributed by atoms with van der Waals surface area (Å²) in [7, 11) is 2.89. The number of nitrogens with zero attached hydrogens (tertiary/aromatic N) is 1. The fraction of sp³-hybridized carbons (Fsp3) is 0.875. The van der Waals surface area contributed by atoms with Crippen LogP contribution in [0.4, 0.5) is 0 Å². The van der Waals surface area contributed by atoms with Gasteiger partial charge in [-0.2, -0.15) is 10.5 Å². The maximum absolute atomic E-state index is 11.4. The second-order valence-corrected chi connectivity index (χ2v) is 3.30. The van der Waals surface area contributed by atoms with Crippen LogP contribution in [0.25, 0.3) is 0 Å². The van der Waals surface area contributed by atoms with E-state index in [4.69, 9.17) is 10.0 Å². The molecule has 1 aliphatic heterocycles. The summed E-state index contributed by atoms with van der Waals surface area (Å²) in [6.45, 7) is 1.16. The van der Waals surface area contributed by atoms with Crippen LogP contribution in [-0.2, 0) is 14.4 Å². The van der Waals surface area contributed by atoms with Gasteiger partial charge in [-0.05, 0) is 12.8 Å². The van der Waals surface area contributed by atoms with E-state index in [0.29, 0.717) is 25.9 Å². The van der Waals surface area contributed by atoms with Gasteiger partial charge in [-0.15, -0.1) is 0 Å². The lowest BCUT2D eigenvalue weighted by atomic mass is 9.89. The molecule has 0 bridgehead atoms. The van der Waals surface area contributed by atoms with E-state index in [1.54, 1.807) is 12.2 Å². The summed E-state index contributed by atoms with van der Waals surface area (Å²) in [6, 6.07) is 0. The van der Waals surface area contributed by atoms with Gasteiger partial charge in [0.25, 0.3) is 0 Å². The maximum atomic E-state index is 11.4. The summed E-state index contributed by atoms with van der Waals surface area (Å²) < 4.78 is 4.63. The largest absolute Gasteiger partial charge is 0.468 e. The van der Waals surface area contributed by atoms with Crippen molar-refractivity contribution in [1.82, 2.24) is 10.5 Å². The summed E-state index contributed by atoms with van der Waals surface area (Å²) in [4.78, 5) is 16.4. The average molecular weight is 204 g/mol. The predicted octanol–water partition coefficient (Wildman–Crippen LogP) is -0.466. The van der Waals surface area contributed by atoms with Gasteiger partial charge in [-0.25, -0.2) is 4.79 Å². The molecule has 82 valence electrons. The van der Waals surface area contributed by atoms with Crippen LogP contribution in [0.3, 0.4) is 0 Å². The minimum atomic E-state index is -0.968. The van der Waals surface area contributed by atoms with Crippen LogP contribution < -0.4 is 5.48 Å². The molecule has 14 heavy (non-hydrogen) atoms. The lowest BCUT2D eigenvalue weighted by Gasteiger charge is -2.37. The molecule has 1 aliphatic rings. The van der Waals surface area contributed by atoms with Gasteiger partial charge in [0.2, 0.25) is 0 Å². The van der Waals surface area contributed by atoms with Crippen molar-refractivity contribution in [1.29, 1.82) is 0 Å². The van der Waals surface area contributed by atoms with Gasteiger partial charge in [0.1, 0.15) is 5.54 Å². The lowest BCUT2D eigenvalue weighted by molar-refractivity contribution is -0.178. The highest BCUT2D eigenvalue weighted by Gasteiger charge is 2.42. The first-order valence-electron chi connectivity index (χ1n) is 4.47. The van der Waals surface area contributed by atoms with Crippen molar-refractivity contribution in [2.75, 3.05) is 27.3 Å². The molecule has 6 heteroatoms. The normalized spacial score (nSPS) is 21.9. The number of hydrogen-bond acceptors (Lipinski definition) is 6. The number of rotatable bonds is 3. The first kappa shape index (κ1) is 11.4. The van der Waals surface area contributed by atoms with E-state index in [-0.39, 0.29) is 0 Å². The van der Waals surface area contributed by atoms with E-state index in [9.17, 15) is 4.79 Å². The van der Waals surface area contributed by atoms with Crippen LogP contribution in [0.5, 0.6) is 0 Å². The Morgan fingerprint density at radius 3 is 2.36 bits per heavy atom. The summed E-state index contributed by atoms with van der Waals surface area (Å²) in [5.41, 5.74) is 1.09. The number of ether oxygens (including phenoxy) is 1. The average Bonchev–Trinajstić information content (AvgIpc) is 2.28. The van der Waals surface area contributed by atoms with Crippen LogP contribution in [-0.4, -0.2) is 49.1 Å². The number of hydroxylamine groups is 3. The quantitative estimate of drug-likeness (QED) is 0.478. The number of methoxy groups -OCH3 is 1. The Hall–Kier alpha value is -0.690. The highest BCUT2D eigenvalue weighted by molar-refractivity contribution is 5.80. The molecule has 0 aliphatic carbocycles. The molecule has 1 heterocycles. The SMILES string of the molecule is COC(=O)C1(NO)CCN(OC)CC1. The minimum absolute atomic E-state index is 0.434. The number of hydrogen-bond donors (Lipinski definition) is 2. The van der Waals surface area contributed by atoms with Crippen molar-refractivity contribution in [3.63, 3.8) is 0 Å². The molecule has 0 aromatic rings. The molecule has 0 saturated carbocycles. The van der Waals surface area contributed by atoms with Crippen LogP contribution in [0.2, 0.25) is 0 Å². The van der Waals surface area contributed by atoms with Crippen molar-refractivity contribution in [3.8, 4) is 0 Å². The zero-order chi connectivity index (χ0) is 10.6. The molecule has 0 spiro atoms. The number of esters is 1. The molecule has 0 aromatic heterocycles. The summed E-state index contributed by atoms with van der Waals surface area (Å²) in [5, 5.41) is 10.7. The van der Waals surface area contributed by atoms with E-state index in [1.165, 1.54) is 7.11 Å². The van der Waals surface area contributed by atoms with Gasteiger partial charge < -0.3 is 14.8 Å². The fourth-order valence-electron chi connectivity index (χ4n) is 1.61. The smallest absolute Gasteiger partial charge is 0.328 e. The monoisotopic (exact) mass is 204 g/mol. The van der Waals surface area contributed by atoms with Crippen LogP contribution in [0.1, 0.15) is 12.8 Å². The minimum Gasteiger partial charge on any atom is -0.468 e. The van der Waals surface area contributed by atoms with Gasteiger partial charge in [-0.3, -0.25) is 0 Å². The Morgan fingerprint density at radius 2 is 2.00 bits per heavy atom. The maximum Gasteiger partial charge on any atom is 0.328 e. The van der Waals surface area contributed by atoms with Gasteiger partial charge >= 0.3 is 5.97 Å². The fourth-order valence-corrected chi connectivity index (χ4v) is 1.61. The highest BCUT2D eigenvalue weighted by atomic mass is 16.7. The molecule has 0 amide bonds. The zero-order valence-corrected chi connectivity index (χ0v) is 8.45. The molecule has 0 unspecified atom stereocenters. The molecule has 2 N–H and O–H groups in total. The third-order valence-electron chi connectivity index (χ3n) is 2.62. The second kappa shape index (κ2) is 4.70. The van der Waals surface area contributed by atoms with Crippen molar-refractivity contribution in [2.24, 2.45) is 0 Å². The highest BCUT2D eigenvalue weighted by Crippen LogP contribution is 2.23. The number of piperidine rings is 1. The van der Waals surface area contributed by atoms with Crippen molar-refractivity contribution < 1.29 is 19.6 Å². The van der Waals surface area contributed by atoms with E-state index in [2.05, 4.69) is 10.2 Å². The van der Waals surface area contributed by atoms with Crippen LogP contribution in [0.15, 0.2) is 0 Å². The van der Waals surface area contributed by atoms with Crippen LogP contribution >= 0.6 is 0 Å². The molecular weight excluding hydrogens is 188 g/mol. The molecular formula is C8H16N2O4. The predicted molar refractivity (Wildman–Crippen MR) is 47.5 cm³/mol. The Labute approximate surface area is 82.7 Å². The van der Waals surface area contributed by atoms with Gasteiger partial charge in [0, 0.05) is 13.1 Å². The van der Waals surface area contributed by atoms with Gasteiger partial charge in [-0.1, -0.05) is 0 Å². The molecule has 1 rings (SSSR count). The lowest BCUT2D eigenvalue weighted by Crippen LogP contribution is -2.57. The standard InChI is InChI=1S/C8H16N2O4/c1-13-7(11)8(9-12)3-5-10(14-2)6-4-8/h9,12H,3-6H2,1-2H3. The second-order valence-electron chi connectivity index (χ2n) is 3.30. The summed E-state index contributed by atoms with van der Waals surface area (Å²) >= 11 is 0. The third-order valence-corrected chi connectivity index (χ3v) is 2.62. The molecule has 1 fully saturated rings. The molecule has 0 atom stereocenters. The van der Waals surface area contributed by atoms with E-state index < -0.39 is 11.5 Å². The molecule has 6 nitrogen and oxygen atoms in total. The zero-order valence-electron chi connectivity index (χ0n) is 8.45. The Morgan fingerprint density at radius 1 is 1.43 bits per heavy atom. The summed E-state index contributed by atoms with van der Waals surface area (Å²) in [6.07, 6.45) is 0.925. The van der Waals surface area contributed by atoms with Crippen molar-refractivity contribution in [2.45, 2.75) is 18.4 Å². The van der Waals surface area contributed by atoms with E-state index in [1.807, 2.05) is 0 Å². The van der Waals surface area contributed by atoms with Crippen molar-refractivity contribution in [3.05, 3.63) is 0 Å². The number of nitrogens with one attached hydrogen (secondary N) is 1.